The average molecular weight is 393 g/mol. The minimum atomic E-state index is 0.192. The van der Waals surface area contributed by atoms with Gasteiger partial charge in [0.15, 0.2) is 0 Å². The molecule has 0 aromatic heterocycles. The molecular formula is C24H41ClN2. The van der Waals surface area contributed by atoms with E-state index in [2.05, 4.69) is 49.2 Å². The normalized spacial score (nSPS) is 30.4. The van der Waals surface area contributed by atoms with E-state index in [0.29, 0.717) is 17.4 Å². The molecule has 2 aliphatic carbocycles. The highest BCUT2D eigenvalue weighted by Crippen LogP contribution is 2.41. The van der Waals surface area contributed by atoms with Gasteiger partial charge in [-0.1, -0.05) is 58.3 Å². The molecule has 0 amide bonds. The molecule has 154 valence electrons. The van der Waals surface area contributed by atoms with Crippen LogP contribution in [0.4, 0.5) is 0 Å². The lowest BCUT2D eigenvalue weighted by molar-refractivity contribution is 0.0663. The van der Waals surface area contributed by atoms with Crippen molar-refractivity contribution in [2.75, 3.05) is 26.2 Å². The van der Waals surface area contributed by atoms with Gasteiger partial charge in [0.1, 0.15) is 0 Å². The Labute approximate surface area is 172 Å². The van der Waals surface area contributed by atoms with Crippen LogP contribution in [0, 0.1) is 17.3 Å². The fourth-order valence-corrected chi connectivity index (χ4v) is 5.74. The number of halogens is 1. The third kappa shape index (κ3) is 6.08. The first-order valence-electron chi connectivity index (χ1n) is 11.5. The van der Waals surface area contributed by atoms with Crippen LogP contribution in [0.2, 0.25) is 0 Å². The zero-order chi connectivity index (χ0) is 19.3. The number of hydrogen-bond donors (Lipinski definition) is 1. The van der Waals surface area contributed by atoms with Crippen LogP contribution in [-0.4, -0.2) is 42.5 Å². The first kappa shape index (κ1) is 21.4. The van der Waals surface area contributed by atoms with Crippen LogP contribution in [0.25, 0.3) is 0 Å². The van der Waals surface area contributed by atoms with Crippen LogP contribution < -0.4 is 5.32 Å². The third-order valence-corrected chi connectivity index (χ3v) is 7.40. The highest BCUT2D eigenvalue weighted by Gasteiger charge is 2.38. The summed E-state index contributed by atoms with van der Waals surface area (Å²) in [7, 11) is 0. The van der Waals surface area contributed by atoms with Gasteiger partial charge in [0.25, 0.3) is 0 Å². The summed E-state index contributed by atoms with van der Waals surface area (Å²) < 4.78 is 0. The van der Waals surface area contributed by atoms with Gasteiger partial charge in [-0.3, -0.25) is 0 Å². The van der Waals surface area contributed by atoms with Gasteiger partial charge >= 0.3 is 0 Å². The van der Waals surface area contributed by atoms with E-state index in [4.69, 9.17) is 11.6 Å². The molecule has 1 saturated carbocycles. The molecule has 0 spiro atoms. The maximum Gasteiger partial charge on any atom is 0.0553 e. The molecule has 3 heteroatoms. The Hall–Kier alpha value is -0.310. The van der Waals surface area contributed by atoms with E-state index in [1.165, 1.54) is 76.7 Å². The van der Waals surface area contributed by atoms with Crippen LogP contribution in [0.15, 0.2) is 23.8 Å². The van der Waals surface area contributed by atoms with Crippen molar-refractivity contribution < 1.29 is 0 Å². The van der Waals surface area contributed by atoms with Crippen molar-refractivity contribution in [2.45, 2.75) is 83.6 Å². The van der Waals surface area contributed by atoms with Gasteiger partial charge < -0.3 is 10.2 Å². The molecule has 2 nitrogen and oxygen atoms in total. The predicted octanol–water partition coefficient (Wildman–Crippen LogP) is 5.78. The van der Waals surface area contributed by atoms with Crippen LogP contribution in [-0.2, 0) is 0 Å². The lowest BCUT2D eigenvalue weighted by Crippen LogP contribution is -2.51. The smallest absolute Gasteiger partial charge is 0.0553 e. The van der Waals surface area contributed by atoms with Crippen molar-refractivity contribution in [1.29, 1.82) is 0 Å². The molecule has 3 aliphatic rings. The summed E-state index contributed by atoms with van der Waals surface area (Å²) >= 11 is 6.23. The monoisotopic (exact) mass is 392 g/mol. The highest BCUT2D eigenvalue weighted by molar-refractivity contribution is 6.22. The molecule has 0 aromatic rings. The van der Waals surface area contributed by atoms with Gasteiger partial charge in [0.05, 0.1) is 5.38 Å². The average Bonchev–Trinajstić information content (AvgIpc) is 3.14. The molecule has 0 radical (unpaired) electrons. The number of hydrogen-bond acceptors (Lipinski definition) is 2. The Bertz CT molecular complexity index is 518. The van der Waals surface area contributed by atoms with Crippen molar-refractivity contribution in [1.82, 2.24) is 10.2 Å². The van der Waals surface area contributed by atoms with Gasteiger partial charge in [0, 0.05) is 19.1 Å². The minimum absolute atomic E-state index is 0.192. The first-order chi connectivity index (χ1) is 13.0. The topological polar surface area (TPSA) is 15.3 Å². The lowest BCUT2D eigenvalue weighted by Gasteiger charge is -2.46. The summed E-state index contributed by atoms with van der Waals surface area (Å²) in [6, 6.07) is 0.661. The summed E-state index contributed by atoms with van der Waals surface area (Å²) in [4.78, 5) is 2.73. The summed E-state index contributed by atoms with van der Waals surface area (Å²) in [6.45, 7) is 12.1. The summed E-state index contributed by atoms with van der Waals surface area (Å²) in [6.07, 6.45) is 17.5. The van der Waals surface area contributed by atoms with Gasteiger partial charge in [-0.05, 0) is 68.0 Å². The van der Waals surface area contributed by atoms with Crippen molar-refractivity contribution in [3.63, 3.8) is 0 Å². The van der Waals surface area contributed by atoms with Crippen LogP contribution in [0.3, 0.4) is 0 Å². The molecule has 27 heavy (non-hydrogen) atoms. The molecule has 1 N–H and O–H groups in total. The standard InChI is InChI=1S/C24H41ClN2/c1-4-7-22(26-16-19-8-5-6-9-19)17-27-15-14-23(24(2,3)18-27)20-10-12-21(25)13-11-20/h10-12,19,21-23,26H,4-9,13-18H2,1-3H3/t21?,22-,23?/m1/s1. The summed E-state index contributed by atoms with van der Waals surface area (Å²) in [5.74, 6) is 1.60. The SMILES string of the molecule is CCC[C@H](CN1CCC(C2=CCC(Cl)C=C2)C(C)(C)C1)NCC1CCCC1. The third-order valence-electron chi connectivity index (χ3n) is 7.07. The second-order valence-electron chi connectivity index (χ2n) is 9.92. The van der Waals surface area contributed by atoms with Crippen LogP contribution >= 0.6 is 11.6 Å². The molecule has 0 aromatic carbocycles. The first-order valence-corrected chi connectivity index (χ1v) is 11.9. The Morgan fingerprint density at radius 3 is 2.67 bits per heavy atom. The van der Waals surface area contributed by atoms with E-state index in [1.807, 2.05) is 0 Å². The van der Waals surface area contributed by atoms with Crippen molar-refractivity contribution in [2.24, 2.45) is 17.3 Å². The van der Waals surface area contributed by atoms with Gasteiger partial charge in [-0.15, -0.1) is 11.6 Å². The Morgan fingerprint density at radius 1 is 1.26 bits per heavy atom. The Balaban J connectivity index is 1.52. The van der Waals surface area contributed by atoms with E-state index in [9.17, 15) is 0 Å². The molecule has 0 bridgehead atoms. The van der Waals surface area contributed by atoms with Gasteiger partial charge in [-0.25, -0.2) is 0 Å². The minimum Gasteiger partial charge on any atom is -0.312 e. The molecule has 2 fully saturated rings. The Kier molecular flexibility index (Phi) is 7.88. The number of rotatable bonds is 8. The zero-order valence-electron chi connectivity index (χ0n) is 17.9. The number of nitrogens with one attached hydrogen (secondary N) is 1. The predicted molar refractivity (Wildman–Crippen MR) is 118 cm³/mol. The lowest BCUT2D eigenvalue weighted by atomic mass is 9.69. The molecule has 1 saturated heterocycles. The number of piperidine rings is 1. The second-order valence-corrected chi connectivity index (χ2v) is 10.5. The molecule has 1 aliphatic heterocycles. The van der Waals surface area contributed by atoms with E-state index < -0.39 is 0 Å². The van der Waals surface area contributed by atoms with Crippen molar-refractivity contribution in [3.05, 3.63) is 23.8 Å². The van der Waals surface area contributed by atoms with E-state index in [-0.39, 0.29) is 5.38 Å². The second kappa shape index (κ2) is 9.94. The maximum atomic E-state index is 6.23. The maximum absolute atomic E-state index is 6.23. The number of likely N-dealkylation sites (tertiary alicyclic amines) is 1. The fourth-order valence-electron chi connectivity index (χ4n) is 5.58. The number of alkyl halides is 1. The van der Waals surface area contributed by atoms with Crippen LogP contribution in [0.1, 0.15) is 72.1 Å². The number of allylic oxidation sites excluding steroid dienone is 4. The van der Waals surface area contributed by atoms with Crippen LogP contribution in [0.5, 0.6) is 0 Å². The largest absolute Gasteiger partial charge is 0.312 e. The van der Waals surface area contributed by atoms with E-state index >= 15 is 0 Å². The van der Waals surface area contributed by atoms with Crippen molar-refractivity contribution in [3.8, 4) is 0 Å². The highest BCUT2D eigenvalue weighted by atomic mass is 35.5. The van der Waals surface area contributed by atoms with Gasteiger partial charge in [-0.2, -0.15) is 0 Å². The quantitative estimate of drug-likeness (QED) is 0.527. The summed E-state index contributed by atoms with van der Waals surface area (Å²) in [5, 5.41) is 4.13. The Morgan fingerprint density at radius 2 is 2.04 bits per heavy atom. The zero-order valence-corrected chi connectivity index (χ0v) is 18.6. The fraction of sp³-hybridized carbons (Fsp3) is 0.833. The molecule has 2 unspecified atom stereocenters. The summed E-state index contributed by atoms with van der Waals surface area (Å²) in [5.41, 5.74) is 1.86. The van der Waals surface area contributed by atoms with E-state index in [1.54, 1.807) is 0 Å². The van der Waals surface area contributed by atoms with Gasteiger partial charge in [0.2, 0.25) is 0 Å². The van der Waals surface area contributed by atoms with Crippen molar-refractivity contribution >= 4 is 11.6 Å². The number of nitrogens with zero attached hydrogens (tertiary/aromatic N) is 1. The molecule has 3 atom stereocenters. The van der Waals surface area contributed by atoms with E-state index in [0.717, 1.165) is 12.3 Å². The molecular weight excluding hydrogens is 352 g/mol. The molecule has 3 rings (SSSR count). The molecule has 1 heterocycles.